The first kappa shape index (κ1) is 13.9. The zero-order valence-corrected chi connectivity index (χ0v) is 9.80. The van der Waals surface area contributed by atoms with Gasteiger partial charge in [-0.15, -0.1) is 0 Å². The average molecular weight is 245 g/mol. The number of phenols is 1. The molecule has 0 radical (unpaired) electrons. The zero-order valence-electron chi connectivity index (χ0n) is 9.80. The summed E-state index contributed by atoms with van der Waals surface area (Å²) >= 11 is 0. The van der Waals surface area contributed by atoms with E-state index in [1.165, 1.54) is 0 Å². The number of phenolic OH excluding ortho intramolecular Hbond substituents is 1. The van der Waals surface area contributed by atoms with E-state index in [-0.39, 0.29) is 0 Å². The van der Waals surface area contributed by atoms with E-state index >= 15 is 0 Å². The fourth-order valence-corrected chi connectivity index (χ4v) is 1.45. The molecule has 1 rings (SSSR count). The van der Waals surface area contributed by atoms with Crippen LogP contribution in [0.15, 0.2) is 12.1 Å². The molecule has 0 bridgehead atoms. The van der Waals surface area contributed by atoms with Gasteiger partial charge >= 0.3 is 0 Å². The van der Waals surface area contributed by atoms with Gasteiger partial charge in [0.1, 0.15) is 0 Å². The topological polar surface area (TPSA) is 41.5 Å². The molecular formula is C12H17F2NO2. The van der Waals surface area contributed by atoms with Gasteiger partial charge in [0.05, 0.1) is 0 Å². The van der Waals surface area contributed by atoms with Gasteiger partial charge in [0.25, 0.3) is 0 Å². The molecule has 0 saturated carbocycles. The van der Waals surface area contributed by atoms with E-state index < -0.39 is 17.4 Å². The van der Waals surface area contributed by atoms with E-state index in [0.717, 1.165) is 31.5 Å². The van der Waals surface area contributed by atoms with Crippen LogP contribution in [0.3, 0.4) is 0 Å². The van der Waals surface area contributed by atoms with Gasteiger partial charge in [0.2, 0.25) is 0 Å². The summed E-state index contributed by atoms with van der Waals surface area (Å²) in [5, 5.41) is 12.0. The summed E-state index contributed by atoms with van der Waals surface area (Å²) in [5.41, 5.74) is 0.476. The Morgan fingerprint density at radius 3 is 2.47 bits per heavy atom. The van der Waals surface area contributed by atoms with Crippen LogP contribution in [0.2, 0.25) is 0 Å². The summed E-state index contributed by atoms with van der Waals surface area (Å²) in [4.78, 5) is 0. The normalized spacial score (nSPS) is 10.8. The number of aromatic hydroxyl groups is 1. The Morgan fingerprint density at radius 2 is 1.88 bits per heavy atom. The monoisotopic (exact) mass is 245 g/mol. The highest BCUT2D eigenvalue weighted by atomic mass is 19.1. The summed E-state index contributed by atoms with van der Waals surface area (Å²) < 4.78 is 30.9. The largest absolute Gasteiger partial charge is 0.503 e. The lowest BCUT2D eigenvalue weighted by Gasteiger charge is -2.06. The third-order valence-corrected chi connectivity index (χ3v) is 2.36. The highest BCUT2D eigenvalue weighted by Gasteiger charge is 2.08. The smallest absolute Gasteiger partial charge is 0.187 e. The molecule has 1 aromatic rings. The SMILES string of the molecule is COCCCCNCc1cc(F)c(O)c(F)c1. The molecular weight excluding hydrogens is 228 g/mol. The van der Waals surface area contributed by atoms with Gasteiger partial charge in [0.15, 0.2) is 17.4 Å². The summed E-state index contributed by atoms with van der Waals surface area (Å²) in [7, 11) is 1.65. The fraction of sp³-hybridized carbons (Fsp3) is 0.500. The summed E-state index contributed by atoms with van der Waals surface area (Å²) in [5.74, 6) is -2.78. The predicted molar refractivity (Wildman–Crippen MR) is 60.8 cm³/mol. The van der Waals surface area contributed by atoms with Crippen molar-refractivity contribution < 1.29 is 18.6 Å². The van der Waals surface area contributed by atoms with Crippen molar-refractivity contribution in [2.75, 3.05) is 20.3 Å². The molecule has 2 N–H and O–H groups in total. The number of benzene rings is 1. The minimum absolute atomic E-state index is 0.376. The van der Waals surface area contributed by atoms with Crippen molar-refractivity contribution in [3.63, 3.8) is 0 Å². The van der Waals surface area contributed by atoms with Gasteiger partial charge in [-0.3, -0.25) is 0 Å². The van der Waals surface area contributed by atoms with Crippen LogP contribution in [-0.4, -0.2) is 25.4 Å². The van der Waals surface area contributed by atoms with Crippen LogP contribution in [0.25, 0.3) is 0 Å². The Balaban J connectivity index is 2.32. The maximum Gasteiger partial charge on any atom is 0.187 e. The summed E-state index contributed by atoms with van der Waals surface area (Å²) in [6, 6.07) is 2.25. The van der Waals surface area contributed by atoms with Crippen molar-refractivity contribution in [3.8, 4) is 5.75 Å². The number of halogens is 2. The zero-order chi connectivity index (χ0) is 12.7. The first-order valence-corrected chi connectivity index (χ1v) is 5.51. The van der Waals surface area contributed by atoms with Crippen LogP contribution in [0.4, 0.5) is 8.78 Å². The number of methoxy groups -OCH3 is 1. The third-order valence-electron chi connectivity index (χ3n) is 2.36. The van der Waals surface area contributed by atoms with E-state index in [2.05, 4.69) is 5.32 Å². The molecule has 3 nitrogen and oxygen atoms in total. The van der Waals surface area contributed by atoms with Gasteiger partial charge in [-0.1, -0.05) is 0 Å². The van der Waals surface area contributed by atoms with Crippen molar-refractivity contribution in [2.24, 2.45) is 0 Å². The van der Waals surface area contributed by atoms with Crippen LogP contribution in [0, 0.1) is 11.6 Å². The molecule has 0 saturated heterocycles. The highest BCUT2D eigenvalue weighted by molar-refractivity contribution is 5.29. The average Bonchev–Trinajstić information content (AvgIpc) is 2.30. The van der Waals surface area contributed by atoms with E-state index in [1.54, 1.807) is 7.11 Å². The molecule has 0 unspecified atom stereocenters. The number of unbranched alkanes of at least 4 members (excludes halogenated alkanes) is 1. The molecule has 0 aromatic heterocycles. The van der Waals surface area contributed by atoms with Gasteiger partial charge < -0.3 is 15.2 Å². The summed E-state index contributed by atoms with van der Waals surface area (Å²) in [6.45, 7) is 1.85. The summed E-state index contributed by atoms with van der Waals surface area (Å²) in [6.07, 6.45) is 1.89. The first-order valence-electron chi connectivity index (χ1n) is 5.51. The lowest BCUT2D eigenvalue weighted by atomic mass is 10.2. The second kappa shape index (κ2) is 7.19. The molecule has 0 aliphatic rings. The molecule has 0 aliphatic carbocycles. The van der Waals surface area contributed by atoms with E-state index in [1.807, 2.05) is 0 Å². The highest BCUT2D eigenvalue weighted by Crippen LogP contribution is 2.21. The Bertz CT molecular complexity index is 335. The lowest BCUT2D eigenvalue weighted by Crippen LogP contribution is -2.15. The van der Waals surface area contributed by atoms with Crippen molar-refractivity contribution in [3.05, 3.63) is 29.3 Å². The Labute approximate surface area is 99.4 Å². The predicted octanol–water partition coefficient (Wildman–Crippen LogP) is 2.19. The molecule has 0 heterocycles. The minimum atomic E-state index is -0.929. The second-order valence-corrected chi connectivity index (χ2v) is 3.78. The number of hydrogen-bond acceptors (Lipinski definition) is 3. The molecule has 96 valence electrons. The van der Waals surface area contributed by atoms with Crippen molar-refractivity contribution >= 4 is 0 Å². The van der Waals surface area contributed by atoms with Crippen molar-refractivity contribution in [2.45, 2.75) is 19.4 Å². The van der Waals surface area contributed by atoms with Gasteiger partial charge in [-0.25, -0.2) is 8.78 Å². The number of ether oxygens (including phenoxy) is 1. The minimum Gasteiger partial charge on any atom is -0.503 e. The van der Waals surface area contributed by atoms with Crippen molar-refractivity contribution in [1.29, 1.82) is 0 Å². The van der Waals surface area contributed by atoms with Crippen LogP contribution in [-0.2, 0) is 11.3 Å². The Kier molecular flexibility index (Phi) is 5.86. The van der Waals surface area contributed by atoms with Crippen LogP contribution in [0.5, 0.6) is 5.75 Å². The van der Waals surface area contributed by atoms with E-state index in [4.69, 9.17) is 9.84 Å². The van der Waals surface area contributed by atoms with E-state index in [0.29, 0.717) is 18.7 Å². The fourth-order valence-electron chi connectivity index (χ4n) is 1.45. The molecule has 0 aliphatic heterocycles. The maximum absolute atomic E-state index is 13.0. The van der Waals surface area contributed by atoms with Crippen LogP contribution >= 0.6 is 0 Å². The van der Waals surface area contributed by atoms with E-state index in [9.17, 15) is 8.78 Å². The Morgan fingerprint density at radius 1 is 1.24 bits per heavy atom. The Hall–Kier alpha value is -1.20. The molecule has 0 atom stereocenters. The van der Waals surface area contributed by atoms with Crippen molar-refractivity contribution in [1.82, 2.24) is 5.32 Å². The lowest BCUT2D eigenvalue weighted by molar-refractivity contribution is 0.192. The molecule has 0 spiro atoms. The molecule has 0 amide bonds. The standard InChI is InChI=1S/C12H17F2NO2/c1-17-5-3-2-4-15-8-9-6-10(13)12(16)11(14)7-9/h6-7,15-16H,2-5,8H2,1H3. The quantitative estimate of drug-likeness (QED) is 0.723. The van der Waals surface area contributed by atoms with Gasteiger partial charge in [-0.05, 0) is 37.1 Å². The van der Waals surface area contributed by atoms with Crippen LogP contribution in [0.1, 0.15) is 18.4 Å². The molecule has 5 heteroatoms. The van der Waals surface area contributed by atoms with Crippen LogP contribution < -0.4 is 5.32 Å². The maximum atomic E-state index is 13.0. The number of rotatable bonds is 7. The molecule has 17 heavy (non-hydrogen) atoms. The molecule has 1 aromatic carbocycles. The first-order chi connectivity index (χ1) is 8.15. The number of nitrogens with one attached hydrogen (secondary N) is 1. The van der Waals surface area contributed by atoms with Gasteiger partial charge in [0, 0.05) is 20.3 Å². The second-order valence-electron chi connectivity index (χ2n) is 3.78. The van der Waals surface area contributed by atoms with Gasteiger partial charge in [-0.2, -0.15) is 0 Å². The number of hydrogen-bond donors (Lipinski definition) is 2. The molecule has 0 fully saturated rings. The third kappa shape index (κ3) is 4.66.